The van der Waals surface area contributed by atoms with E-state index in [0.717, 1.165) is 17.5 Å². The smallest absolute Gasteiger partial charge is 0.335 e. The number of carboxylic acid groups (broad SMARTS) is 1. The van der Waals surface area contributed by atoms with Crippen molar-refractivity contribution in [3.05, 3.63) is 34.9 Å². The Hall–Kier alpha value is -1.02. The molecular weight excluding hydrogens is 224 g/mol. The zero-order valence-electron chi connectivity index (χ0n) is 9.88. The number of carbonyl (C=O) groups is 1. The average Bonchev–Trinajstić information content (AvgIpc) is 2.27. The predicted octanol–water partition coefficient (Wildman–Crippen LogP) is 3.81. The van der Waals surface area contributed by atoms with Gasteiger partial charge in [0.15, 0.2) is 0 Å². The Morgan fingerprint density at radius 2 is 2.06 bits per heavy atom. The lowest BCUT2D eigenvalue weighted by atomic mass is 9.77. The maximum absolute atomic E-state index is 11.2. The number of halogens is 1. The first-order chi connectivity index (χ1) is 7.44. The summed E-state index contributed by atoms with van der Waals surface area (Å²) < 4.78 is 0. The standard InChI is InChI=1S/C13H17ClO2/c1-4-13(2,3)11-9(8-14)6-5-7-10(11)12(15)16/h5-7H,4,8H2,1-3H3,(H,15,16). The van der Waals surface area contributed by atoms with Crippen molar-refractivity contribution in [3.8, 4) is 0 Å². The van der Waals surface area contributed by atoms with Crippen molar-refractivity contribution in [2.45, 2.75) is 38.5 Å². The maximum Gasteiger partial charge on any atom is 0.335 e. The highest BCUT2D eigenvalue weighted by Gasteiger charge is 2.26. The first-order valence-electron chi connectivity index (χ1n) is 5.35. The Labute approximate surface area is 101 Å². The van der Waals surface area contributed by atoms with Crippen LogP contribution in [0.15, 0.2) is 18.2 Å². The number of carboxylic acids is 1. The average molecular weight is 241 g/mol. The summed E-state index contributed by atoms with van der Waals surface area (Å²) in [4.78, 5) is 11.2. The first-order valence-corrected chi connectivity index (χ1v) is 5.89. The molecule has 88 valence electrons. The van der Waals surface area contributed by atoms with Crippen molar-refractivity contribution >= 4 is 17.6 Å². The highest BCUT2D eigenvalue weighted by atomic mass is 35.5. The Morgan fingerprint density at radius 3 is 2.50 bits per heavy atom. The van der Waals surface area contributed by atoms with Gasteiger partial charge in [-0.25, -0.2) is 4.79 Å². The Bertz CT molecular complexity index is 397. The van der Waals surface area contributed by atoms with Gasteiger partial charge >= 0.3 is 5.97 Å². The van der Waals surface area contributed by atoms with E-state index in [0.29, 0.717) is 11.4 Å². The van der Waals surface area contributed by atoms with Crippen LogP contribution in [0.3, 0.4) is 0 Å². The molecule has 3 heteroatoms. The van der Waals surface area contributed by atoms with Crippen molar-refractivity contribution in [3.63, 3.8) is 0 Å². The van der Waals surface area contributed by atoms with E-state index < -0.39 is 5.97 Å². The number of rotatable bonds is 4. The third-order valence-corrected chi connectivity index (χ3v) is 3.37. The minimum absolute atomic E-state index is 0.167. The molecule has 0 aliphatic rings. The summed E-state index contributed by atoms with van der Waals surface area (Å²) >= 11 is 5.88. The first kappa shape index (κ1) is 13.0. The van der Waals surface area contributed by atoms with E-state index in [9.17, 15) is 9.90 Å². The van der Waals surface area contributed by atoms with E-state index in [1.54, 1.807) is 12.1 Å². The minimum Gasteiger partial charge on any atom is -0.478 e. The fourth-order valence-corrected chi connectivity index (χ4v) is 2.09. The number of alkyl halides is 1. The lowest BCUT2D eigenvalue weighted by Gasteiger charge is -2.27. The van der Waals surface area contributed by atoms with Crippen molar-refractivity contribution < 1.29 is 9.90 Å². The molecule has 0 aliphatic carbocycles. The molecule has 0 aromatic heterocycles. The van der Waals surface area contributed by atoms with Gasteiger partial charge in [-0.15, -0.1) is 11.6 Å². The van der Waals surface area contributed by atoms with Crippen molar-refractivity contribution in [2.24, 2.45) is 0 Å². The molecule has 0 saturated heterocycles. The SMILES string of the molecule is CCC(C)(C)c1c(CCl)cccc1C(=O)O. The third-order valence-electron chi connectivity index (χ3n) is 3.09. The fraction of sp³-hybridized carbons (Fsp3) is 0.462. The Kier molecular flexibility index (Phi) is 3.98. The zero-order valence-corrected chi connectivity index (χ0v) is 10.6. The highest BCUT2D eigenvalue weighted by molar-refractivity contribution is 6.17. The number of hydrogen-bond donors (Lipinski definition) is 1. The van der Waals surface area contributed by atoms with Gasteiger partial charge in [0.1, 0.15) is 0 Å². The largest absolute Gasteiger partial charge is 0.478 e. The van der Waals surface area contributed by atoms with E-state index in [1.807, 2.05) is 19.9 Å². The second-order valence-corrected chi connectivity index (χ2v) is 4.78. The van der Waals surface area contributed by atoms with Crippen molar-refractivity contribution in [1.82, 2.24) is 0 Å². The van der Waals surface area contributed by atoms with E-state index in [1.165, 1.54) is 0 Å². The zero-order chi connectivity index (χ0) is 12.3. The molecule has 2 nitrogen and oxygen atoms in total. The molecule has 0 spiro atoms. The van der Waals surface area contributed by atoms with Crippen LogP contribution in [-0.2, 0) is 11.3 Å². The van der Waals surface area contributed by atoms with Gasteiger partial charge in [-0.2, -0.15) is 0 Å². The molecule has 0 amide bonds. The molecule has 0 saturated carbocycles. The van der Waals surface area contributed by atoms with E-state index in [-0.39, 0.29) is 5.41 Å². The van der Waals surface area contributed by atoms with Crippen LogP contribution in [-0.4, -0.2) is 11.1 Å². The molecule has 1 N–H and O–H groups in total. The molecule has 0 aliphatic heterocycles. The van der Waals surface area contributed by atoms with Crippen LogP contribution in [0, 0.1) is 0 Å². The van der Waals surface area contributed by atoms with Crippen LogP contribution in [0.4, 0.5) is 0 Å². The van der Waals surface area contributed by atoms with Gasteiger partial charge < -0.3 is 5.11 Å². The number of benzene rings is 1. The molecule has 0 unspecified atom stereocenters. The fourth-order valence-electron chi connectivity index (χ4n) is 1.87. The van der Waals surface area contributed by atoms with Crippen LogP contribution < -0.4 is 0 Å². The van der Waals surface area contributed by atoms with Crippen LogP contribution >= 0.6 is 11.6 Å². The molecule has 16 heavy (non-hydrogen) atoms. The summed E-state index contributed by atoms with van der Waals surface area (Å²) in [6.45, 7) is 6.15. The maximum atomic E-state index is 11.2. The second-order valence-electron chi connectivity index (χ2n) is 4.52. The summed E-state index contributed by atoms with van der Waals surface area (Å²) in [5.41, 5.74) is 1.97. The quantitative estimate of drug-likeness (QED) is 0.813. The molecule has 0 bridgehead atoms. The van der Waals surface area contributed by atoms with E-state index in [2.05, 4.69) is 6.92 Å². The van der Waals surface area contributed by atoms with Crippen LogP contribution in [0.2, 0.25) is 0 Å². The molecule has 0 radical (unpaired) electrons. The van der Waals surface area contributed by atoms with Crippen LogP contribution in [0.5, 0.6) is 0 Å². The van der Waals surface area contributed by atoms with Gasteiger partial charge in [0.25, 0.3) is 0 Å². The van der Waals surface area contributed by atoms with Gasteiger partial charge in [0, 0.05) is 5.88 Å². The topological polar surface area (TPSA) is 37.3 Å². The molecule has 1 aromatic rings. The Morgan fingerprint density at radius 1 is 1.44 bits per heavy atom. The summed E-state index contributed by atoms with van der Waals surface area (Å²) in [5.74, 6) is -0.539. The summed E-state index contributed by atoms with van der Waals surface area (Å²) in [5, 5.41) is 9.20. The molecule has 0 fully saturated rings. The molecular formula is C13H17ClO2. The van der Waals surface area contributed by atoms with Crippen LogP contribution in [0.1, 0.15) is 48.7 Å². The van der Waals surface area contributed by atoms with E-state index >= 15 is 0 Å². The lowest BCUT2D eigenvalue weighted by molar-refractivity contribution is 0.0693. The third kappa shape index (κ3) is 2.38. The van der Waals surface area contributed by atoms with Gasteiger partial charge in [0.2, 0.25) is 0 Å². The minimum atomic E-state index is -0.886. The van der Waals surface area contributed by atoms with Gasteiger partial charge in [-0.05, 0) is 29.0 Å². The number of aromatic carboxylic acids is 1. The number of hydrogen-bond acceptors (Lipinski definition) is 1. The second kappa shape index (κ2) is 4.88. The Balaban J connectivity index is 3.48. The van der Waals surface area contributed by atoms with Crippen LogP contribution in [0.25, 0.3) is 0 Å². The molecule has 0 heterocycles. The molecule has 0 atom stereocenters. The highest BCUT2D eigenvalue weighted by Crippen LogP contribution is 2.33. The van der Waals surface area contributed by atoms with Crippen molar-refractivity contribution in [1.29, 1.82) is 0 Å². The van der Waals surface area contributed by atoms with Gasteiger partial charge in [-0.3, -0.25) is 0 Å². The van der Waals surface area contributed by atoms with E-state index in [4.69, 9.17) is 11.6 Å². The van der Waals surface area contributed by atoms with Gasteiger partial charge in [-0.1, -0.05) is 32.9 Å². The predicted molar refractivity (Wildman–Crippen MR) is 66.3 cm³/mol. The molecule has 1 aromatic carbocycles. The summed E-state index contributed by atoms with van der Waals surface area (Å²) in [7, 11) is 0. The summed E-state index contributed by atoms with van der Waals surface area (Å²) in [6.07, 6.45) is 0.876. The van der Waals surface area contributed by atoms with Crippen molar-refractivity contribution in [2.75, 3.05) is 0 Å². The monoisotopic (exact) mass is 240 g/mol. The summed E-state index contributed by atoms with van der Waals surface area (Å²) in [6, 6.07) is 5.29. The van der Waals surface area contributed by atoms with Gasteiger partial charge in [0.05, 0.1) is 5.56 Å². The molecule has 1 rings (SSSR count). The lowest BCUT2D eigenvalue weighted by Crippen LogP contribution is -2.22. The normalized spacial score (nSPS) is 11.5.